The summed E-state index contributed by atoms with van der Waals surface area (Å²) in [6.07, 6.45) is -1.14. The Morgan fingerprint density at radius 1 is 1.07 bits per heavy atom. The van der Waals surface area contributed by atoms with Crippen LogP contribution in [-0.2, 0) is 14.3 Å². The Morgan fingerprint density at radius 2 is 1.64 bits per heavy atom. The number of fused-ring (bicyclic) bond motifs is 1. The molecule has 2 aromatic carbocycles. The molecule has 0 bridgehead atoms. The number of imide groups is 1. The fourth-order valence-electron chi connectivity index (χ4n) is 2.67. The second-order valence-corrected chi connectivity index (χ2v) is 6.05. The van der Waals surface area contributed by atoms with Gasteiger partial charge in [0.25, 0.3) is 17.7 Å². The molecule has 8 heteroatoms. The van der Waals surface area contributed by atoms with Crippen LogP contribution in [-0.4, -0.2) is 41.2 Å². The van der Waals surface area contributed by atoms with Gasteiger partial charge < -0.3 is 10.1 Å². The van der Waals surface area contributed by atoms with E-state index in [1.165, 1.54) is 31.2 Å². The van der Waals surface area contributed by atoms with Crippen LogP contribution in [0.25, 0.3) is 0 Å². The van der Waals surface area contributed by atoms with Crippen LogP contribution in [0.5, 0.6) is 0 Å². The van der Waals surface area contributed by atoms with Crippen LogP contribution in [0.3, 0.4) is 0 Å². The number of carbonyl (C=O) groups excluding carboxylic acids is 4. The number of benzene rings is 2. The summed E-state index contributed by atoms with van der Waals surface area (Å²) in [6, 6.07) is 14.4. The molecule has 3 amide bonds. The average Bonchev–Trinajstić information content (AvgIpc) is 2.93. The minimum Gasteiger partial charge on any atom is -0.451 e. The minimum atomic E-state index is -1.14. The molecule has 1 atom stereocenters. The topological polar surface area (TPSA) is 117 Å². The van der Waals surface area contributed by atoms with Gasteiger partial charge in [-0.2, -0.15) is 5.26 Å². The van der Waals surface area contributed by atoms with E-state index in [0.717, 1.165) is 4.90 Å². The molecule has 0 fully saturated rings. The Labute approximate surface area is 160 Å². The highest BCUT2D eigenvalue weighted by molar-refractivity contribution is 6.22. The van der Waals surface area contributed by atoms with Gasteiger partial charge in [0.2, 0.25) is 0 Å². The van der Waals surface area contributed by atoms with Crippen molar-refractivity contribution in [3.8, 4) is 6.07 Å². The van der Waals surface area contributed by atoms with E-state index in [4.69, 9.17) is 10.00 Å². The zero-order valence-corrected chi connectivity index (χ0v) is 14.8. The summed E-state index contributed by atoms with van der Waals surface area (Å²) in [6.45, 7) is 0.792. The number of carbonyl (C=O) groups is 4. The van der Waals surface area contributed by atoms with Gasteiger partial charge in [0, 0.05) is 5.69 Å². The van der Waals surface area contributed by atoms with Gasteiger partial charge in [0.05, 0.1) is 22.8 Å². The maximum Gasteiger partial charge on any atom is 0.326 e. The van der Waals surface area contributed by atoms with Crippen molar-refractivity contribution in [2.24, 2.45) is 0 Å². The first-order valence-corrected chi connectivity index (χ1v) is 8.36. The van der Waals surface area contributed by atoms with Gasteiger partial charge in [0.15, 0.2) is 6.10 Å². The smallest absolute Gasteiger partial charge is 0.326 e. The van der Waals surface area contributed by atoms with Gasteiger partial charge in [0.1, 0.15) is 6.54 Å². The Balaban J connectivity index is 1.57. The molecule has 8 nitrogen and oxygen atoms in total. The monoisotopic (exact) mass is 377 g/mol. The number of ether oxygens (including phenoxy) is 1. The highest BCUT2D eigenvalue weighted by Crippen LogP contribution is 2.22. The lowest BCUT2D eigenvalue weighted by molar-refractivity contribution is -0.153. The third-order valence-corrected chi connectivity index (χ3v) is 4.12. The number of nitrogens with one attached hydrogen (secondary N) is 1. The molecule has 0 spiro atoms. The average molecular weight is 377 g/mol. The predicted octanol–water partition coefficient (Wildman–Crippen LogP) is 1.72. The van der Waals surface area contributed by atoms with E-state index >= 15 is 0 Å². The van der Waals surface area contributed by atoms with E-state index in [1.54, 1.807) is 24.3 Å². The quantitative estimate of drug-likeness (QED) is 0.626. The van der Waals surface area contributed by atoms with Crippen LogP contribution in [0.15, 0.2) is 48.5 Å². The number of nitriles is 1. The van der Waals surface area contributed by atoms with Crippen LogP contribution in [0.2, 0.25) is 0 Å². The second kappa shape index (κ2) is 7.72. The second-order valence-electron chi connectivity index (χ2n) is 6.05. The highest BCUT2D eigenvalue weighted by atomic mass is 16.5. The summed E-state index contributed by atoms with van der Waals surface area (Å²) in [7, 11) is 0. The Bertz CT molecular complexity index is 972. The number of hydrogen-bond donors (Lipinski definition) is 1. The van der Waals surface area contributed by atoms with Crippen LogP contribution in [0.4, 0.5) is 5.69 Å². The van der Waals surface area contributed by atoms with Gasteiger partial charge in [-0.25, -0.2) is 0 Å². The zero-order chi connectivity index (χ0) is 20.3. The van der Waals surface area contributed by atoms with E-state index < -0.39 is 36.3 Å². The first-order chi connectivity index (χ1) is 13.4. The molecule has 0 saturated carbocycles. The first kappa shape index (κ1) is 18.8. The van der Waals surface area contributed by atoms with Crippen molar-refractivity contribution in [2.45, 2.75) is 13.0 Å². The third kappa shape index (κ3) is 3.73. The largest absolute Gasteiger partial charge is 0.451 e. The van der Waals surface area contributed by atoms with Gasteiger partial charge in [-0.05, 0) is 43.3 Å². The molecular weight excluding hydrogens is 362 g/mol. The van der Waals surface area contributed by atoms with E-state index in [0.29, 0.717) is 11.3 Å². The number of amides is 3. The van der Waals surface area contributed by atoms with Crippen molar-refractivity contribution >= 4 is 29.4 Å². The first-order valence-electron chi connectivity index (χ1n) is 8.36. The molecule has 0 aromatic heterocycles. The molecule has 0 radical (unpaired) electrons. The molecule has 0 unspecified atom stereocenters. The van der Waals surface area contributed by atoms with Crippen molar-refractivity contribution in [1.29, 1.82) is 5.26 Å². The van der Waals surface area contributed by atoms with Crippen molar-refractivity contribution in [1.82, 2.24) is 4.90 Å². The predicted molar refractivity (Wildman–Crippen MR) is 97.1 cm³/mol. The summed E-state index contributed by atoms with van der Waals surface area (Å²) >= 11 is 0. The normalized spacial score (nSPS) is 13.5. The molecule has 0 aliphatic carbocycles. The van der Waals surface area contributed by atoms with Crippen LogP contribution in [0.1, 0.15) is 33.2 Å². The molecule has 140 valence electrons. The zero-order valence-electron chi connectivity index (χ0n) is 14.8. The van der Waals surface area contributed by atoms with E-state index in [2.05, 4.69) is 5.32 Å². The Hall–Kier alpha value is -3.99. The molecule has 3 rings (SSSR count). The lowest BCUT2D eigenvalue weighted by Crippen LogP contribution is -2.38. The molecular formula is C20H15N3O5. The van der Waals surface area contributed by atoms with Crippen molar-refractivity contribution in [3.05, 3.63) is 65.2 Å². The molecule has 1 aliphatic heterocycles. The maximum absolute atomic E-state index is 12.3. The third-order valence-electron chi connectivity index (χ3n) is 4.12. The SMILES string of the molecule is C[C@@H](OC(=O)CN1C(=O)c2ccccc2C1=O)C(=O)Nc1ccc(C#N)cc1. The van der Waals surface area contributed by atoms with Gasteiger partial charge in [-0.15, -0.1) is 0 Å². The molecule has 0 saturated heterocycles. The van der Waals surface area contributed by atoms with Crippen LogP contribution in [0, 0.1) is 11.3 Å². The summed E-state index contributed by atoms with van der Waals surface area (Å²) in [5.74, 6) is -2.61. The van der Waals surface area contributed by atoms with E-state index in [-0.39, 0.29) is 11.1 Å². The minimum absolute atomic E-state index is 0.229. The van der Waals surface area contributed by atoms with Gasteiger partial charge >= 0.3 is 5.97 Å². The molecule has 28 heavy (non-hydrogen) atoms. The number of rotatable bonds is 5. The maximum atomic E-state index is 12.3. The van der Waals surface area contributed by atoms with Crippen LogP contribution < -0.4 is 5.32 Å². The molecule has 2 aromatic rings. The fourth-order valence-corrected chi connectivity index (χ4v) is 2.67. The summed E-state index contributed by atoms with van der Waals surface area (Å²) in [4.78, 5) is 49.5. The van der Waals surface area contributed by atoms with Crippen molar-refractivity contribution in [2.75, 3.05) is 11.9 Å². The molecule has 1 aliphatic rings. The van der Waals surface area contributed by atoms with Gasteiger partial charge in [-0.1, -0.05) is 12.1 Å². The lowest BCUT2D eigenvalue weighted by atomic mass is 10.1. The number of esters is 1. The van der Waals surface area contributed by atoms with Crippen molar-refractivity contribution in [3.63, 3.8) is 0 Å². The lowest BCUT2D eigenvalue weighted by Gasteiger charge is -2.16. The standard InChI is InChI=1S/C20H15N3O5/c1-12(18(25)22-14-8-6-13(10-21)7-9-14)28-17(24)11-23-19(26)15-4-2-3-5-16(15)20(23)27/h2-9,12H,11H2,1H3,(H,22,25)/t12-/m1/s1. The van der Waals surface area contributed by atoms with Crippen molar-refractivity contribution < 1.29 is 23.9 Å². The van der Waals surface area contributed by atoms with E-state index in [9.17, 15) is 19.2 Å². The molecule has 1 N–H and O–H groups in total. The molecule has 1 heterocycles. The number of nitrogens with zero attached hydrogens (tertiary/aromatic N) is 2. The van der Waals surface area contributed by atoms with Gasteiger partial charge in [-0.3, -0.25) is 24.1 Å². The van der Waals surface area contributed by atoms with E-state index in [1.807, 2.05) is 6.07 Å². The summed E-state index contributed by atoms with van der Waals surface area (Å²) < 4.78 is 5.04. The summed E-state index contributed by atoms with van der Waals surface area (Å²) in [5, 5.41) is 11.3. The number of anilines is 1. The summed E-state index contributed by atoms with van der Waals surface area (Å²) in [5.41, 5.74) is 1.34. The number of hydrogen-bond acceptors (Lipinski definition) is 6. The highest BCUT2D eigenvalue weighted by Gasteiger charge is 2.37. The Morgan fingerprint density at radius 3 is 2.18 bits per heavy atom. The Kier molecular flexibility index (Phi) is 5.18. The fraction of sp³-hybridized carbons (Fsp3) is 0.150. The van der Waals surface area contributed by atoms with Crippen LogP contribution >= 0.6 is 0 Å².